The first kappa shape index (κ1) is 14.8. The summed E-state index contributed by atoms with van der Waals surface area (Å²) < 4.78 is 0. The van der Waals surface area contributed by atoms with Crippen molar-refractivity contribution in [3.8, 4) is 0 Å². The van der Waals surface area contributed by atoms with E-state index in [0.717, 1.165) is 11.3 Å². The van der Waals surface area contributed by atoms with Gasteiger partial charge in [-0.15, -0.1) is 0 Å². The average Bonchev–Trinajstić information content (AvgIpc) is 2.93. The molecule has 0 aromatic carbocycles. The van der Waals surface area contributed by atoms with Gasteiger partial charge in [-0.25, -0.2) is 0 Å². The zero-order chi connectivity index (χ0) is 12.8. The summed E-state index contributed by atoms with van der Waals surface area (Å²) in [5.41, 5.74) is 3.43. The van der Waals surface area contributed by atoms with Crippen LogP contribution in [0.1, 0.15) is 90.9 Å². The lowest BCUT2D eigenvalue weighted by Crippen LogP contribution is -2.23. The van der Waals surface area contributed by atoms with E-state index in [2.05, 4.69) is 13.8 Å². The van der Waals surface area contributed by atoms with E-state index < -0.39 is 0 Å². The first-order valence-electron chi connectivity index (χ1n) is 8.64. The minimum atomic E-state index is 0.351. The molecule has 0 spiro atoms. The molecule has 0 amide bonds. The van der Waals surface area contributed by atoms with Gasteiger partial charge in [-0.3, -0.25) is 0 Å². The van der Waals surface area contributed by atoms with Gasteiger partial charge in [0.25, 0.3) is 0 Å². The highest BCUT2D eigenvalue weighted by Crippen LogP contribution is 2.61. The Morgan fingerprint density at radius 3 is 1.78 bits per heavy atom. The van der Waals surface area contributed by atoms with Crippen molar-refractivity contribution < 1.29 is 0 Å². The van der Waals surface area contributed by atoms with Crippen LogP contribution in [0.2, 0.25) is 0 Å². The molecular weight excluding hydrogens is 235 g/mol. The smallest absolute Gasteiger partial charge is 0.0204 e. The maximum absolute atomic E-state index is 2.47. The maximum atomic E-state index is 2.47. The Labute approximate surface area is 116 Å². The Morgan fingerprint density at radius 1 is 0.833 bits per heavy atom. The van der Waals surface area contributed by atoms with Crippen molar-refractivity contribution in [1.29, 1.82) is 0 Å². The monoisotopic (exact) mass is 268 g/mol. The van der Waals surface area contributed by atoms with E-state index >= 15 is 0 Å². The Balaban J connectivity index is 2.04. The molecule has 0 radical (unpaired) electrons. The summed E-state index contributed by atoms with van der Waals surface area (Å²) >= 11 is 0. The Morgan fingerprint density at radius 2 is 1.33 bits per heavy atom. The van der Waals surface area contributed by atoms with Gasteiger partial charge >= 0.3 is 0 Å². The summed E-state index contributed by atoms with van der Waals surface area (Å²) in [5, 5.41) is 0. The normalized spacial score (nSPS) is 26.3. The van der Waals surface area contributed by atoms with Gasteiger partial charge in [0.15, 0.2) is 0 Å². The molecule has 2 aliphatic carbocycles. The molecule has 106 valence electrons. The number of rotatable bonds is 6. The second-order valence-corrected chi connectivity index (χ2v) is 9.61. The lowest BCUT2D eigenvalue weighted by Gasteiger charge is -2.40. The summed E-state index contributed by atoms with van der Waals surface area (Å²) in [6.07, 6.45) is 18.4. The van der Waals surface area contributed by atoms with Gasteiger partial charge in [0.05, 0.1) is 0 Å². The summed E-state index contributed by atoms with van der Waals surface area (Å²) in [4.78, 5) is 0. The van der Waals surface area contributed by atoms with Gasteiger partial charge in [-0.1, -0.05) is 60.3 Å². The van der Waals surface area contributed by atoms with Crippen LogP contribution in [0, 0.1) is 0 Å². The van der Waals surface area contributed by atoms with Crippen LogP contribution >= 0.6 is 7.92 Å². The average molecular weight is 268 g/mol. The highest BCUT2D eigenvalue weighted by molar-refractivity contribution is 7.60. The molecule has 0 saturated heterocycles. The molecule has 2 fully saturated rings. The second-order valence-electron chi connectivity index (χ2n) is 6.53. The zero-order valence-corrected chi connectivity index (χ0v) is 13.6. The van der Waals surface area contributed by atoms with Gasteiger partial charge in [0.2, 0.25) is 0 Å². The van der Waals surface area contributed by atoms with Crippen LogP contribution in [0.15, 0.2) is 0 Å². The largest absolute Gasteiger partial charge is 0.0972 e. The first-order valence-corrected chi connectivity index (χ1v) is 10.2. The third kappa shape index (κ3) is 3.72. The van der Waals surface area contributed by atoms with Crippen LogP contribution in [0.3, 0.4) is 0 Å². The molecule has 1 heteroatoms. The van der Waals surface area contributed by atoms with Crippen LogP contribution in [0.5, 0.6) is 0 Å². The van der Waals surface area contributed by atoms with Gasteiger partial charge < -0.3 is 0 Å². The zero-order valence-electron chi connectivity index (χ0n) is 12.7. The molecule has 2 saturated carbocycles. The summed E-state index contributed by atoms with van der Waals surface area (Å²) in [6, 6.07) is 0. The van der Waals surface area contributed by atoms with Gasteiger partial charge in [0.1, 0.15) is 0 Å². The Kier molecular flexibility index (Phi) is 6.50. The van der Waals surface area contributed by atoms with Crippen LogP contribution in [-0.4, -0.2) is 17.0 Å². The molecule has 0 aliphatic heterocycles. The Hall–Kier alpha value is 0.430. The SMILES string of the molecule is CCCC(CC)P(C1CCCCC1)C1CCCC1. The molecule has 2 rings (SSSR count). The van der Waals surface area contributed by atoms with E-state index in [-0.39, 0.29) is 0 Å². The molecule has 0 heterocycles. The molecule has 2 atom stereocenters. The van der Waals surface area contributed by atoms with Gasteiger partial charge in [-0.05, 0) is 55.5 Å². The first-order chi connectivity index (χ1) is 8.86. The maximum Gasteiger partial charge on any atom is -0.0204 e. The quantitative estimate of drug-likeness (QED) is 0.494. The third-order valence-corrected chi connectivity index (χ3v) is 9.44. The topological polar surface area (TPSA) is 0 Å². The predicted octanol–water partition coefficient (Wildman–Crippen LogP) is 6.32. The third-order valence-electron chi connectivity index (χ3n) is 5.26. The molecule has 0 N–H and O–H groups in total. The van der Waals surface area contributed by atoms with E-state index in [9.17, 15) is 0 Å². The highest BCUT2D eigenvalue weighted by atomic mass is 31.1. The molecule has 0 bridgehead atoms. The molecule has 0 aromatic heterocycles. The van der Waals surface area contributed by atoms with E-state index in [1.807, 2.05) is 0 Å². The fourth-order valence-electron chi connectivity index (χ4n) is 4.37. The number of hydrogen-bond acceptors (Lipinski definition) is 0. The second kappa shape index (κ2) is 7.88. The number of hydrogen-bond donors (Lipinski definition) is 0. The minimum absolute atomic E-state index is 0.351. The molecule has 2 unspecified atom stereocenters. The van der Waals surface area contributed by atoms with E-state index in [1.54, 1.807) is 51.4 Å². The summed E-state index contributed by atoms with van der Waals surface area (Å²) in [7, 11) is 0.351. The minimum Gasteiger partial charge on any atom is -0.0972 e. The predicted molar refractivity (Wildman–Crippen MR) is 85.0 cm³/mol. The van der Waals surface area contributed by atoms with E-state index in [0.29, 0.717) is 7.92 Å². The standard InChI is InChI=1S/C17H33P/c1-3-10-15(4-2)18(17-13-8-9-14-17)16-11-6-5-7-12-16/h15-17H,3-14H2,1-2H3. The molecule has 0 aromatic rings. The van der Waals surface area contributed by atoms with Crippen LogP contribution in [0.25, 0.3) is 0 Å². The van der Waals surface area contributed by atoms with Crippen LogP contribution in [0.4, 0.5) is 0 Å². The summed E-state index contributed by atoms with van der Waals surface area (Å²) in [6.45, 7) is 4.86. The van der Waals surface area contributed by atoms with Crippen molar-refractivity contribution >= 4 is 7.92 Å². The molecule has 18 heavy (non-hydrogen) atoms. The van der Waals surface area contributed by atoms with E-state index in [1.165, 1.54) is 31.3 Å². The molecule has 0 nitrogen and oxygen atoms in total. The van der Waals surface area contributed by atoms with Crippen molar-refractivity contribution in [2.45, 2.75) is 108 Å². The lowest BCUT2D eigenvalue weighted by atomic mass is 10.0. The molecule has 2 aliphatic rings. The van der Waals surface area contributed by atoms with Crippen molar-refractivity contribution in [2.75, 3.05) is 0 Å². The molecular formula is C17H33P. The van der Waals surface area contributed by atoms with Crippen molar-refractivity contribution in [1.82, 2.24) is 0 Å². The van der Waals surface area contributed by atoms with Crippen LogP contribution < -0.4 is 0 Å². The Bertz CT molecular complexity index is 209. The fourth-order valence-corrected chi connectivity index (χ4v) is 9.06. The van der Waals surface area contributed by atoms with E-state index in [4.69, 9.17) is 0 Å². The van der Waals surface area contributed by atoms with Crippen molar-refractivity contribution in [3.63, 3.8) is 0 Å². The summed E-state index contributed by atoms with van der Waals surface area (Å²) in [5.74, 6) is 0. The van der Waals surface area contributed by atoms with Gasteiger partial charge in [-0.2, -0.15) is 0 Å². The highest BCUT2D eigenvalue weighted by Gasteiger charge is 2.35. The fraction of sp³-hybridized carbons (Fsp3) is 1.00. The van der Waals surface area contributed by atoms with Crippen molar-refractivity contribution in [2.24, 2.45) is 0 Å². The lowest BCUT2D eigenvalue weighted by molar-refractivity contribution is 0.503. The van der Waals surface area contributed by atoms with Gasteiger partial charge in [0, 0.05) is 0 Å². The van der Waals surface area contributed by atoms with Crippen LogP contribution in [-0.2, 0) is 0 Å². The van der Waals surface area contributed by atoms with Crippen molar-refractivity contribution in [3.05, 3.63) is 0 Å².